The van der Waals surface area contributed by atoms with E-state index in [0.29, 0.717) is 57.5 Å². The first-order valence-corrected chi connectivity index (χ1v) is 14.3. The minimum Gasteiger partial charge on any atom is -0.378 e. The van der Waals surface area contributed by atoms with E-state index in [1.54, 1.807) is 4.90 Å². The third kappa shape index (κ3) is 7.93. The first-order chi connectivity index (χ1) is 18.3. The molecule has 11 heteroatoms. The average Bonchev–Trinajstić information content (AvgIpc) is 3.27. The van der Waals surface area contributed by atoms with Crippen molar-refractivity contribution < 1.29 is 28.7 Å². The number of rotatable bonds is 9. The van der Waals surface area contributed by atoms with E-state index in [-0.39, 0.29) is 36.0 Å². The Balaban J connectivity index is 1.64. The van der Waals surface area contributed by atoms with Crippen LogP contribution in [0.1, 0.15) is 67.2 Å². The molecule has 11 nitrogen and oxygen atoms in total. The third-order valence-electron chi connectivity index (χ3n) is 8.55. The lowest BCUT2D eigenvalue weighted by Gasteiger charge is -2.38. The number of nitrogens with zero attached hydrogens (tertiary/aromatic N) is 2. The summed E-state index contributed by atoms with van der Waals surface area (Å²) in [4.78, 5) is 68.0. The average molecular weight is 550 g/mol. The van der Waals surface area contributed by atoms with Crippen LogP contribution in [0.3, 0.4) is 0 Å². The molecule has 2 aliphatic heterocycles. The molecule has 1 aliphatic carbocycles. The number of hydrogen-bond acceptors (Lipinski definition) is 6. The number of nitrogens with one attached hydrogen (secondary N) is 3. The van der Waals surface area contributed by atoms with Gasteiger partial charge in [0.15, 0.2) is 5.78 Å². The summed E-state index contributed by atoms with van der Waals surface area (Å²) in [6.07, 6.45) is 3.46. The normalized spacial score (nSPS) is 26.7. The highest BCUT2D eigenvalue weighted by molar-refractivity contribution is 5.95. The van der Waals surface area contributed by atoms with Gasteiger partial charge in [-0.3, -0.25) is 19.2 Å². The molecule has 0 bridgehead atoms. The number of carbonyl (C=O) groups is 5. The van der Waals surface area contributed by atoms with Gasteiger partial charge in [0, 0.05) is 19.6 Å². The van der Waals surface area contributed by atoms with Gasteiger partial charge in [0.25, 0.3) is 0 Å². The minimum absolute atomic E-state index is 0.0801. The Labute approximate surface area is 232 Å². The molecule has 3 aliphatic rings. The number of Topliss-reactive ketones (excluding diaryl/α,β-unsaturated/α-hetero) is 1. The summed E-state index contributed by atoms with van der Waals surface area (Å²) >= 11 is 0. The molecule has 0 aromatic heterocycles. The fourth-order valence-corrected chi connectivity index (χ4v) is 5.64. The van der Waals surface area contributed by atoms with Crippen LogP contribution in [0, 0.1) is 23.2 Å². The van der Waals surface area contributed by atoms with Gasteiger partial charge in [0.1, 0.15) is 12.1 Å². The number of ether oxygens (including phenoxy) is 1. The molecule has 0 radical (unpaired) electrons. The van der Waals surface area contributed by atoms with Crippen LogP contribution >= 0.6 is 0 Å². The number of urea groups is 1. The minimum atomic E-state index is -0.920. The summed E-state index contributed by atoms with van der Waals surface area (Å²) in [5.41, 5.74) is -0.655. The lowest BCUT2D eigenvalue weighted by Crippen LogP contribution is -2.60. The summed E-state index contributed by atoms with van der Waals surface area (Å²) in [7, 11) is 0. The number of amides is 5. The monoisotopic (exact) mass is 549 g/mol. The zero-order valence-electron chi connectivity index (χ0n) is 24.4. The highest BCUT2D eigenvalue weighted by Crippen LogP contribution is 2.37. The second-order valence-electron chi connectivity index (χ2n) is 12.6. The quantitative estimate of drug-likeness (QED) is 0.397. The highest BCUT2D eigenvalue weighted by atomic mass is 16.5. The lowest BCUT2D eigenvalue weighted by atomic mass is 9.71. The van der Waals surface area contributed by atoms with Crippen molar-refractivity contribution in [1.82, 2.24) is 25.8 Å². The summed E-state index contributed by atoms with van der Waals surface area (Å²) in [6, 6.07) is -2.84. The van der Waals surface area contributed by atoms with Crippen LogP contribution in [0.25, 0.3) is 0 Å². The third-order valence-corrected chi connectivity index (χ3v) is 8.55. The van der Waals surface area contributed by atoms with E-state index in [9.17, 15) is 24.0 Å². The van der Waals surface area contributed by atoms with Gasteiger partial charge in [0.2, 0.25) is 17.7 Å². The van der Waals surface area contributed by atoms with E-state index in [1.165, 1.54) is 11.8 Å². The topological polar surface area (TPSA) is 137 Å². The second kappa shape index (κ2) is 13.1. The van der Waals surface area contributed by atoms with Crippen LogP contribution in [-0.2, 0) is 23.9 Å². The Morgan fingerprint density at radius 3 is 2.13 bits per heavy atom. The maximum atomic E-state index is 13.8. The van der Waals surface area contributed by atoms with E-state index < -0.39 is 29.6 Å². The Bertz CT molecular complexity index is 928. The molecule has 3 rings (SSSR count). The van der Waals surface area contributed by atoms with E-state index in [1.807, 2.05) is 27.7 Å². The largest absolute Gasteiger partial charge is 0.378 e. The zero-order valence-corrected chi connectivity index (χ0v) is 24.4. The van der Waals surface area contributed by atoms with E-state index in [0.717, 1.165) is 12.8 Å². The van der Waals surface area contributed by atoms with Crippen molar-refractivity contribution in [2.75, 3.05) is 39.4 Å². The number of morpholine rings is 1. The van der Waals surface area contributed by atoms with Crippen LogP contribution < -0.4 is 16.0 Å². The Hall–Kier alpha value is -2.69. The number of ketones is 1. The summed E-state index contributed by atoms with van der Waals surface area (Å²) in [5, 5.41) is 8.26. The van der Waals surface area contributed by atoms with Crippen LogP contribution in [-0.4, -0.2) is 96.9 Å². The summed E-state index contributed by atoms with van der Waals surface area (Å²) in [5.74, 6) is -0.105. The second-order valence-corrected chi connectivity index (χ2v) is 12.6. The molecular weight excluding hydrogens is 502 g/mol. The SMILES string of the molecule is CC(=O)C(CC1CCC1C)NC(=O)C1[C@@H](C)CCN1C(=O)C(NC(=O)NCC(=O)N1CCOCC1)C(C)(C)C. The molecule has 0 aromatic rings. The number of carbonyl (C=O) groups excluding carboxylic acids is 5. The van der Waals surface area contributed by atoms with Gasteiger partial charge in [0.05, 0.1) is 25.8 Å². The number of likely N-dealkylation sites (tertiary alicyclic amines) is 1. The predicted octanol–water partition coefficient (Wildman–Crippen LogP) is 1.31. The van der Waals surface area contributed by atoms with Crippen molar-refractivity contribution in [2.45, 2.75) is 85.4 Å². The Morgan fingerprint density at radius 2 is 1.59 bits per heavy atom. The fourth-order valence-electron chi connectivity index (χ4n) is 5.64. The van der Waals surface area contributed by atoms with Crippen molar-refractivity contribution in [1.29, 1.82) is 0 Å². The lowest BCUT2D eigenvalue weighted by molar-refractivity contribution is -0.143. The van der Waals surface area contributed by atoms with Gasteiger partial charge >= 0.3 is 6.03 Å². The van der Waals surface area contributed by atoms with Gasteiger partial charge in [-0.05, 0) is 49.4 Å². The molecule has 1 saturated carbocycles. The molecule has 39 heavy (non-hydrogen) atoms. The van der Waals surface area contributed by atoms with Gasteiger partial charge in [-0.25, -0.2) is 4.79 Å². The van der Waals surface area contributed by atoms with Crippen molar-refractivity contribution in [3.8, 4) is 0 Å². The van der Waals surface area contributed by atoms with Crippen LogP contribution in [0.5, 0.6) is 0 Å². The molecule has 2 saturated heterocycles. The molecule has 0 spiro atoms. The molecule has 6 atom stereocenters. The van der Waals surface area contributed by atoms with Gasteiger partial charge in [-0.1, -0.05) is 41.0 Å². The molecule has 220 valence electrons. The number of hydrogen-bond donors (Lipinski definition) is 3. The summed E-state index contributed by atoms with van der Waals surface area (Å²) < 4.78 is 5.25. The van der Waals surface area contributed by atoms with Gasteiger partial charge < -0.3 is 30.5 Å². The fraction of sp³-hybridized carbons (Fsp3) is 0.821. The predicted molar refractivity (Wildman–Crippen MR) is 146 cm³/mol. The maximum Gasteiger partial charge on any atom is 0.315 e. The first kappa shape index (κ1) is 30.8. The van der Waals surface area contributed by atoms with Crippen LogP contribution in [0.2, 0.25) is 0 Å². The van der Waals surface area contributed by atoms with Crippen molar-refractivity contribution in [2.24, 2.45) is 23.2 Å². The molecule has 5 unspecified atom stereocenters. The van der Waals surface area contributed by atoms with E-state index in [4.69, 9.17) is 4.74 Å². The molecule has 0 aromatic carbocycles. The Morgan fingerprint density at radius 1 is 0.923 bits per heavy atom. The Kier molecular flexibility index (Phi) is 10.4. The highest BCUT2D eigenvalue weighted by Gasteiger charge is 2.45. The maximum absolute atomic E-state index is 13.8. The summed E-state index contributed by atoms with van der Waals surface area (Å²) in [6.45, 7) is 13.2. The molecule has 2 heterocycles. The molecule has 3 fully saturated rings. The molecular formula is C28H47N5O6. The van der Waals surface area contributed by atoms with Gasteiger partial charge in [-0.15, -0.1) is 0 Å². The van der Waals surface area contributed by atoms with E-state index >= 15 is 0 Å². The zero-order chi connectivity index (χ0) is 28.9. The standard InChI is InChI=1S/C28H47N5O6/c1-17-7-8-20(17)15-21(19(3)34)30-25(36)23-18(2)9-10-33(23)26(37)24(28(4,5)6)31-27(38)29-16-22(35)32-11-13-39-14-12-32/h17-18,20-21,23-24H,7-16H2,1-6H3,(H,30,36)(H2,29,31,38)/t17?,18-,20?,21?,23?,24?/m0/s1. The van der Waals surface area contributed by atoms with Crippen LogP contribution in [0.4, 0.5) is 4.79 Å². The van der Waals surface area contributed by atoms with Crippen molar-refractivity contribution in [3.63, 3.8) is 0 Å². The van der Waals surface area contributed by atoms with E-state index in [2.05, 4.69) is 22.9 Å². The van der Waals surface area contributed by atoms with Gasteiger partial charge in [-0.2, -0.15) is 0 Å². The van der Waals surface area contributed by atoms with Crippen molar-refractivity contribution in [3.05, 3.63) is 0 Å². The van der Waals surface area contributed by atoms with Crippen molar-refractivity contribution >= 4 is 29.5 Å². The van der Waals surface area contributed by atoms with Crippen LogP contribution in [0.15, 0.2) is 0 Å². The smallest absolute Gasteiger partial charge is 0.315 e. The molecule has 3 N–H and O–H groups in total. The molecule has 5 amide bonds. The first-order valence-electron chi connectivity index (χ1n) is 14.3.